The quantitative estimate of drug-likeness (QED) is 0.406. The number of carbonyl (C=O) groups is 1. The molecule has 0 spiro atoms. The van der Waals surface area contributed by atoms with Gasteiger partial charge < -0.3 is 30.5 Å². The molecule has 0 aliphatic carbocycles. The summed E-state index contributed by atoms with van der Waals surface area (Å²) in [6.45, 7) is -1.44. The van der Waals surface area contributed by atoms with Crippen molar-refractivity contribution in [3.8, 4) is 0 Å². The number of halogens is 3. The van der Waals surface area contributed by atoms with E-state index in [9.17, 15) is 33.3 Å². The molecule has 1 aliphatic rings. The first-order valence-electron chi connectivity index (χ1n) is 5.82. The second kappa shape index (κ2) is 6.68. The van der Waals surface area contributed by atoms with Crippen molar-refractivity contribution < 1.29 is 43.1 Å². The number of amides is 1. The van der Waals surface area contributed by atoms with Gasteiger partial charge in [-0.05, 0) is 0 Å². The molecule has 118 valence electrons. The van der Waals surface area contributed by atoms with Crippen LogP contribution in [0.25, 0.3) is 0 Å². The van der Waals surface area contributed by atoms with Crippen molar-refractivity contribution in [2.45, 2.75) is 43.1 Å². The van der Waals surface area contributed by atoms with E-state index in [1.807, 2.05) is 5.32 Å². The van der Waals surface area contributed by atoms with Gasteiger partial charge in [0.25, 0.3) is 5.91 Å². The molecule has 20 heavy (non-hydrogen) atoms. The Morgan fingerprint density at radius 3 is 2.25 bits per heavy atom. The highest BCUT2D eigenvalue weighted by molar-refractivity contribution is 5.81. The van der Waals surface area contributed by atoms with Crippen LogP contribution in [0.3, 0.4) is 0 Å². The van der Waals surface area contributed by atoms with Crippen LogP contribution in [0.5, 0.6) is 0 Å². The molecule has 0 aromatic rings. The van der Waals surface area contributed by atoms with Crippen LogP contribution in [0.15, 0.2) is 0 Å². The lowest BCUT2D eigenvalue weighted by molar-refractivity contribution is -0.226. The molecule has 1 amide bonds. The van der Waals surface area contributed by atoms with Crippen molar-refractivity contribution in [3.05, 3.63) is 0 Å². The van der Waals surface area contributed by atoms with Gasteiger partial charge in [-0.15, -0.1) is 0 Å². The number of aliphatic hydroxyl groups is 4. The summed E-state index contributed by atoms with van der Waals surface area (Å²) in [4.78, 5) is 11.6. The van der Waals surface area contributed by atoms with Gasteiger partial charge in [-0.1, -0.05) is 0 Å². The maximum atomic E-state index is 11.9. The van der Waals surface area contributed by atoms with E-state index < -0.39 is 62.2 Å². The van der Waals surface area contributed by atoms with Gasteiger partial charge in [-0.2, -0.15) is 13.2 Å². The third-order valence-electron chi connectivity index (χ3n) is 2.86. The van der Waals surface area contributed by atoms with Gasteiger partial charge in [0.2, 0.25) is 0 Å². The van der Waals surface area contributed by atoms with E-state index in [-0.39, 0.29) is 0 Å². The molecule has 0 aromatic heterocycles. The molecular weight excluding hydrogens is 287 g/mol. The lowest BCUT2D eigenvalue weighted by atomic mass is 9.95. The van der Waals surface area contributed by atoms with Crippen molar-refractivity contribution >= 4 is 5.91 Å². The molecule has 0 unspecified atom stereocenters. The predicted octanol–water partition coefficient (Wildman–Crippen LogP) is -2.10. The van der Waals surface area contributed by atoms with Crippen LogP contribution in [0.2, 0.25) is 0 Å². The summed E-state index contributed by atoms with van der Waals surface area (Å²) in [5, 5.41) is 39.2. The van der Waals surface area contributed by atoms with Crippen molar-refractivity contribution in [2.24, 2.45) is 0 Å². The molecule has 5 atom stereocenters. The fourth-order valence-electron chi connectivity index (χ4n) is 1.75. The Hall–Kier alpha value is -0.940. The van der Waals surface area contributed by atoms with Crippen LogP contribution in [0, 0.1) is 0 Å². The Morgan fingerprint density at radius 2 is 1.75 bits per heavy atom. The molecule has 10 heteroatoms. The number of alkyl halides is 3. The number of hydrogen-bond acceptors (Lipinski definition) is 6. The van der Waals surface area contributed by atoms with Gasteiger partial charge in [-0.25, -0.2) is 0 Å². The normalized spacial score (nSPS) is 34.9. The van der Waals surface area contributed by atoms with Gasteiger partial charge in [0.1, 0.15) is 24.4 Å². The SMILES string of the molecule is O=C(NCCC(F)(F)F)[C@H]1O[C@@H](CO)[C@H](O)[C@@H](O)[C@@H]1O. The van der Waals surface area contributed by atoms with Crippen LogP contribution in [-0.4, -0.2) is 76.2 Å². The molecule has 1 aliphatic heterocycles. The van der Waals surface area contributed by atoms with E-state index in [0.29, 0.717) is 0 Å². The minimum atomic E-state index is -4.44. The highest BCUT2D eigenvalue weighted by Crippen LogP contribution is 2.22. The number of nitrogens with one attached hydrogen (secondary N) is 1. The Labute approximate surface area is 112 Å². The number of aliphatic hydroxyl groups excluding tert-OH is 4. The minimum Gasteiger partial charge on any atom is -0.394 e. The Morgan fingerprint density at radius 1 is 1.15 bits per heavy atom. The van der Waals surface area contributed by atoms with Crippen molar-refractivity contribution in [1.29, 1.82) is 0 Å². The summed E-state index contributed by atoms with van der Waals surface area (Å²) < 4.78 is 40.6. The number of ether oxygens (including phenoxy) is 1. The Bertz CT molecular complexity index is 337. The predicted molar refractivity (Wildman–Crippen MR) is 57.4 cm³/mol. The zero-order valence-electron chi connectivity index (χ0n) is 10.2. The molecule has 1 saturated heterocycles. The van der Waals surface area contributed by atoms with E-state index in [1.54, 1.807) is 0 Å². The number of hydrogen-bond donors (Lipinski definition) is 5. The van der Waals surface area contributed by atoms with Gasteiger partial charge in [0.15, 0.2) is 6.10 Å². The van der Waals surface area contributed by atoms with Crippen LogP contribution in [0.1, 0.15) is 6.42 Å². The fraction of sp³-hybridized carbons (Fsp3) is 0.900. The number of carbonyl (C=O) groups excluding carboxylic acids is 1. The van der Waals surface area contributed by atoms with Crippen LogP contribution in [-0.2, 0) is 9.53 Å². The Kier molecular flexibility index (Phi) is 5.71. The standard InChI is InChI=1S/C10H16F3NO6/c11-10(12,13)1-2-14-9(19)8-7(18)6(17)5(16)4(3-15)20-8/h4-8,15-18H,1-3H2,(H,14,19)/t4-,5-,6+,7-,8-/m0/s1. The third kappa shape index (κ3) is 4.28. The molecule has 0 aromatic carbocycles. The fourth-order valence-corrected chi connectivity index (χ4v) is 1.75. The molecular formula is C10H16F3NO6. The van der Waals surface area contributed by atoms with Crippen molar-refractivity contribution in [1.82, 2.24) is 5.32 Å². The molecule has 7 nitrogen and oxygen atoms in total. The molecule has 1 fully saturated rings. The maximum absolute atomic E-state index is 11.9. The van der Waals surface area contributed by atoms with Gasteiger partial charge in [0, 0.05) is 6.54 Å². The summed E-state index contributed by atoms with van der Waals surface area (Å²) in [6, 6.07) is 0. The highest BCUT2D eigenvalue weighted by atomic mass is 19.4. The summed E-state index contributed by atoms with van der Waals surface area (Å²) in [7, 11) is 0. The third-order valence-corrected chi connectivity index (χ3v) is 2.86. The van der Waals surface area contributed by atoms with Crippen LogP contribution < -0.4 is 5.32 Å². The van der Waals surface area contributed by atoms with E-state index in [4.69, 9.17) is 9.84 Å². The monoisotopic (exact) mass is 303 g/mol. The lowest BCUT2D eigenvalue weighted by Crippen LogP contribution is -2.62. The summed E-state index contributed by atoms with van der Waals surface area (Å²) in [6.07, 6.45) is -13.8. The average molecular weight is 303 g/mol. The minimum absolute atomic E-state index is 0.711. The lowest BCUT2D eigenvalue weighted by Gasteiger charge is -2.39. The summed E-state index contributed by atoms with van der Waals surface area (Å²) in [5.41, 5.74) is 0. The second-order valence-electron chi connectivity index (χ2n) is 4.41. The van der Waals surface area contributed by atoms with Crippen LogP contribution in [0.4, 0.5) is 13.2 Å². The van der Waals surface area contributed by atoms with Gasteiger partial charge >= 0.3 is 6.18 Å². The second-order valence-corrected chi connectivity index (χ2v) is 4.41. The molecule has 5 N–H and O–H groups in total. The first kappa shape index (κ1) is 17.1. The molecule has 1 heterocycles. The van der Waals surface area contributed by atoms with Crippen molar-refractivity contribution in [3.63, 3.8) is 0 Å². The van der Waals surface area contributed by atoms with Crippen molar-refractivity contribution in [2.75, 3.05) is 13.2 Å². The molecule has 1 rings (SSSR count). The summed E-state index contributed by atoms with van der Waals surface area (Å²) >= 11 is 0. The molecule has 0 saturated carbocycles. The molecule has 0 radical (unpaired) electrons. The van der Waals surface area contributed by atoms with E-state index >= 15 is 0 Å². The smallest absolute Gasteiger partial charge is 0.390 e. The van der Waals surface area contributed by atoms with E-state index in [1.165, 1.54) is 0 Å². The largest absolute Gasteiger partial charge is 0.394 e. The topological polar surface area (TPSA) is 119 Å². The van der Waals surface area contributed by atoms with Gasteiger partial charge in [-0.3, -0.25) is 4.79 Å². The Balaban J connectivity index is 2.58. The van der Waals surface area contributed by atoms with E-state index in [2.05, 4.69) is 0 Å². The summed E-state index contributed by atoms with van der Waals surface area (Å²) in [5.74, 6) is -1.06. The zero-order chi connectivity index (χ0) is 15.5. The zero-order valence-corrected chi connectivity index (χ0v) is 10.2. The van der Waals surface area contributed by atoms with Gasteiger partial charge in [0.05, 0.1) is 13.0 Å². The first-order valence-corrected chi connectivity index (χ1v) is 5.82. The molecule has 0 bridgehead atoms. The highest BCUT2D eigenvalue weighted by Gasteiger charge is 2.46. The first-order chi connectivity index (χ1) is 9.17. The number of rotatable bonds is 4. The maximum Gasteiger partial charge on any atom is 0.390 e. The average Bonchev–Trinajstić information content (AvgIpc) is 2.34. The van der Waals surface area contributed by atoms with Crippen LogP contribution >= 0.6 is 0 Å². The van der Waals surface area contributed by atoms with E-state index in [0.717, 1.165) is 0 Å².